The number of aliphatic hydroxyl groups excluding tert-OH is 1. The minimum Gasteiger partial charge on any atom is -0.504 e. The van der Waals surface area contributed by atoms with Gasteiger partial charge in [-0.05, 0) is 42.2 Å². The molecule has 2 aromatic carbocycles. The lowest BCUT2D eigenvalue weighted by atomic mass is 9.85. The van der Waals surface area contributed by atoms with Gasteiger partial charge in [0.1, 0.15) is 12.2 Å². The Labute approximate surface area is 238 Å². The molecule has 0 saturated carbocycles. The van der Waals surface area contributed by atoms with Gasteiger partial charge >= 0.3 is 11.9 Å². The van der Waals surface area contributed by atoms with Crippen LogP contribution in [0.15, 0.2) is 54.1 Å². The van der Waals surface area contributed by atoms with E-state index in [1.54, 1.807) is 25.3 Å². The molecule has 4 N–H and O–H groups in total. The number of methoxy groups -OCH3 is 2. The van der Waals surface area contributed by atoms with Gasteiger partial charge in [-0.15, -0.1) is 0 Å². The van der Waals surface area contributed by atoms with Gasteiger partial charge in [0.25, 0.3) is 0 Å². The van der Waals surface area contributed by atoms with Crippen molar-refractivity contribution in [3.63, 3.8) is 0 Å². The molecule has 0 amide bonds. The van der Waals surface area contributed by atoms with Crippen LogP contribution in [-0.2, 0) is 28.5 Å². The van der Waals surface area contributed by atoms with Gasteiger partial charge in [0, 0.05) is 38.7 Å². The van der Waals surface area contributed by atoms with E-state index in [4.69, 9.17) is 23.7 Å². The van der Waals surface area contributed by atoms with E-state index in [1.807, 2.05) is 30.3 Å². The molecule has 0 aromatic heterocycles. The number of rotatable bonds is 11. The van der Waals surface area contributed by atoms with Gasteiger partial charge in [0.2, 0.25) is 5.79 Å². The number of benzene rings is 2. The van der Waals surface area contributed by atoms with E-state index in [0.29, 0.717) is 25.0 Å². The van der Waals surface area contributed by atoms with Crippen molar-refractivity contribution < 1.29 is 48.6 Å². The molecular formula is C30H37NO10. The molecular weight excluding hydrogens is 534 g/mol. The number of morpholine rings is 1. The van der Waals surface area contributed by atoms with Crippen molar-refractivity contribution in [1.82, 2.24) is 5.32 Å². The molecule has 11 heteroatoms. The van der Waals surface area contributed by atoms with Gasteiger partial charge in [0.05, 0.1) is 13.7 Å². The Bertz CT molecular complexity index is 1240. The molecule has 2 aromatic rings. The van der Waals surface area contributed by atoms with Crippen molar-refractivity contribution in [2.75, 3.05) is 33.9 Å². The molecule has 2 bridgehead atoms. The first kappa shape index (κ1) is 30.5. The summed E-state index contributed by atoms with van der Waals surface area (Å²) in [4.78, 5) is 26.1. The first-order valence-electron chi connectivity index (χ1n) is 13.5. The average molecular weight is 572 g/mol. The van der Waals surface area contributed by atoms with E-state index in [-0.39, 0.29) is 30.2 Å². The van der Waals surface area contributed by atoms with Crippen LogP contribution >= 0.6 is 0 Å². The second kappa shape index (κ2) is 13.5. The Balaban J connectivity index is 1.78. The number of aliphatic hydroxyl groups is 2. The van der Waals surface area contributed by atoms with Gasteiger partial charge < -0.3 is 44.3 Å². The third-order valence-corrected chi connectivity index (χ3v) is 7.26. The largest absolute Gasteiger partial charge is 0.504 e. The lowest BCUT2D eigenvalue weighted by Crippen LogP contribution is -2.73. The zero-order valence-corrected chi connectivity index (χ0v) is 23.3. The van der Waals surface area contributed by atoms with Crippen molar-refractivity contribution in [2.24, 2.45) is 0 Å². The molecule has 2 fully saturated rings. The summed E-state index contributed by atoms with van der Waals surface area (Å²) in [6.07, 6.45) is -2.37. The molecule has 0 unspecified atom stereocenters. The Hall–Kier alpha value is -3.48. The minimum atomic E-state index is -2.05. The van der Waals surface area contributed by atoms with Crippen LogP contribution in [0.2, 0.25) is 0 Å². The van der Waals surface area contributed by atoms with Gasteiger partial charge in [0.15, 0.2) is 23.7 Å². The summed E-state index contributed by atoms with van der Waals surface area (Å²) in [5.41, 5.74) is 1.62. The van der Waals surface area contributed by atoms with Gasteiger partial charge in [-0.3, -0.25) is 4.79 Å². The standard InChI is InChI=1S/C30H37NO10/c1-18(32)39-27-26(34)25-16-31-17-30(36,41-25)28(27)40-29(35)22(14-19-11-12-23(33)24(15-19)38-3)21(10-7-13-37-2)20-8-5-4-6-9-20/h4-6,8-9,11-12,14-15,21,25-28,31,33-34,36H,7,10,13,16-17H2,1-3H3/b22-14+/t21-,25-,26-,27+,28+,30+/m0/s1. The number of phenols is 1. The van der Waals surface area contributed by atoms with E-state index < -0.39 is 48.1 Å². The third kappa shape index (κ3) is 7.06. The van der Waals surface area contributed by atoms with Gasteiger partial charge in [-0.1, -0.05) is 36.4 Å². The molecule has 2 aliphatic rings. The average Bonchev–Trinajstić information content (AvgIpc) is 2.96. The number of hydrogen-bond donors (Lipinski definition) is 4. The number of phenolic OH excluding ortho intramolecular Hbond substituents is 1. The summed E-state index contributed by atoms with van der Waals surface area (Å²) < 4.78 is 27.5. The van der Waals surface area contributed by atoms with E-state index in [0.717, 1.165) is 5.56 Å². The van der Waals surface area contributed by atoms with Crippen LogP contribution in [0.4, 0.5) is 0 Å². The summed E-state index contributed by atoms with van der Waals surface area (Å²) in [7, 11) is 3.02. The summed E-state index contributed by atoms with van der Waals surface area (Å²) in [6, 6.07) is 14.1. The molecule has 2 aliphatic heterocycles. The quantitative estimate of drug-likeness (QED) is 0.178. The topological polar surface area (TPSA) is 153 Å². The number of carbonyl (C=O) groups is 2. The zero-order chi connectivity index (χ0) is 29.6. The smallest absolute Gasteiger partial charge is 0.335 e. The summed E-state index contributed by atoms with van der Waals surface area (Å²) in [5.74, 6) is -3.88. The van der Waals surface area contributed by atoms with Crippen LogP contribution in [0.3, 0.4) is 0 Å². The van der Waals surface area contributed by atoms with Gasteiger partial charge in [-0.25, -0.2) is 4.79 Å². The lowest BCUT2D eigenvalue weighted by molar-refractivity contribution is -0.355. The van der Waals surface area contributed by atoms with E-state index >= 15 is 0 Å². The van der Waals surface area contributed by atoms with Crippen LogP contribution in [0.1, 0.15) is 36.8 Å². The fourth-order valence-electron chi connectivity index (χ4n) is 5.29. The van der Waals surface area contributed by atoms with E-state index in [9.17, 15) is 24.9 Å². The number of hydrogen-bond acceptors (Lipinski definition) is 11. The number of β-amino-alcohol motifs (C(OH)–C–C–N with tert-alkyl or cyclic N) is 1. The predicted octanol–water partition coefficient (Wildman–Crippen LogP) is 1.89. The second-order valence-electron chi connectivity index (χ2n) is 10.2. The summed E-state index contributed by atoms with van der Waals surface area (Å²) >= 11 is 0. The van der Waals surface area contributed by atoms with Crippen molar-refractivity contribution in [3.05, 3.63) is 65.2 Å². The number of esters is 2. The van der Waals surface area contributed by atoms with E-state index in [1.165, 1.54) is 20.1 Å². The zero-order valence-electron chi connectivity index (χ0n) is 23.3. The molecule has 41 heavy (non-hydrogen) atoms. The predicted molar refractivity (Wildman–Crippen MR) is 147 cm³/mol. The van der Waals surface area contributed by atoms with Crippen LogP contribution in [0, 0.1) is 0 Å². The first-order valence-corrected chi connectivity index (χ1v) is 13.5. The van der Waals surface area contributed by atoms with Gasteiger partial charge in [-0.2, -0.15) is 0 Å². The third-order valence-electron chi connectivity index (χ3n) is 7.26. The van der Waals surface area contributed by atoms with Crippen molar-refractivity contribution in [1.29, 1.82) is 0 Å². The highest BCUT2D eigenvalue weighted by atomic mass is 16.7. The highest BCUT2D eigenvalue weighted by molar-refractivity contribution is 5.95. The number of fused-ring (bicyclic) bond motifs is 2. The number of ether oxygens (including phenoxy) is 5. The maximum atomic E-state index is 14.1. The molecule has 2 saturated heterocycles. The number of carbonyl (C=O) groups excluding carboxylic acids is 2. The molecule has 4 rings (SSSR count). The maximum Gasteiger partial charge on any atom is 0.335 e. The SMILES string of the molecule is COCCC[C@H](/C(=C\c1ccc(O)c(OC)c1)C(=O)O[C@@H]1[C@H](OC(C)=O)[C@@H](O)[C@@H]2CNC[C@@]1(O)O2)c1ccccc1. The molecule has 0 radical (unpaired) electrons. The second-order valence-corrected chi connectivity index (χ2v) is 10.2. The summed E-state index contributed by atoms with van der Waals surface area (Å²) in [5, 5.41) is 35.3. The Morgan fingerprint density at radius 2 is 1.93 bits per heavy atom. The molecule has 2 heterocycles. The Morgan fingerprint density at radius 1 is 1.17 bits per heavy atom. The Morgan fingerprint density at radius 3 is 2.61 bits per heavy atom. The van der Waals surface area contributed by atoms with E-state index in [2.05, 4.69) is 5.32 Å². The van der Waals surface area contributed by atoms with Crippen LogP contribution in [0.5, 0.6) is 11.5 Å². The highest BCUT2D eigenvalue weighted by Crippen LogP contribution is 2.38. The fourth-order valence-corrected chi connectivity index (χ4v) is 5.29. The van der Waals surface area contributed by atoms with Crippen LogP contribution in [-0.4, -0.2) is 91.4 Å². The van der Waals surface area contributed by atoms with Crippen LogP contribution in [0.25, 0.3) is 6.08 Å². The fraction of sp³-hybridized carbons (Fsp3) is 0.467. The summed E-state index contributed by atoms with van der Waals surface area (Å²) in [6.45, 7) is 1.73. The molecule has 0 aliphatic carbocycles. The van der Waals surface area contributed by atoms with Crippen LogP contribution < -0.4 is 10.1 Å². The number of nitrogens with one attached hydrogen (secondary N) is 1. The Kier molecular flexibility index (Phi) is 10.0. The maximum absolute atomic E-state index is 14.1. The van der Waals surface area contributed by atoms with Crippen molar-refractivity contribution in [3.8, 4) is 11.5 Å². The first-order chi connectivity index (χ1) is 19.7. The molecule has 0 spiro atoms. The van der Waals surface area contributed by atoms with Crippen molar-refractivity contribution in [2.45, 2.75) is 55.9 Å². The molecule has 11 nitrogen and oxygen atoms in total. The molecule has 6 atom stereocenters. The lowest BCUT2D eigenvalue weighted by Gasteiger charge is -2.51. The highest BCUT2D eigenvalue weighted by Gasteiger charge is 2.59. The normalized spacial score (nSPS) is 26.6. The minimum absolute atomic E-state index is 0.0624. The number of aromatic hydroxyl groups is 1. The monoisotopic (exact) mass is 571 g/mol. The van der Waals surface area contributed by atoms with Crippen molar-refractivity contribution >= 4 is 18.0 Å². The molecule has 222 valence electrons.